The lowest BCUT2D eigenvalue weighted by Crippen LogP contribution is -2.29. The summed E-state index contributed by atoms with van der Waals surface area (Å²) in [5.41, 5.74) is 0.308. The molecule has 0 amide bonds. The van der Waals surface area contributed by atoms with Gasteiger partial charge in [-0.3, -0.25) is 0 Å². The van der Waals surface area contributed by atoms with Crippen molar-refractivity contribution in [2.24, 2.45) is 0 Å². The smallest absolute Gasteiger partial charge is 0.333 e. The molecule has 1 aromatic carbocycles. The van der Waals surface area contributed by atoms with E-state index in [9.17, 15) is 4.79 Å². The Morgan fingerprint density at radius 3 is 1.90 bits per heavy atom. The second-order valence-corrected chi connectivity index (χ2v) is 6.28. The number of rotatable bonds is 20. The van der Waals surface area contributed by atoms with Crippen LogP contribution in [0.3, 0.4) is 0 Å². The van der Waals surface area contributed by atoms with Gasteiger partial charge in [-0.25, -0.2) is 4.79 Å². The number of aliphatic hydroxyl groups excluding tert-OH is 1. The van der Waals surface area contributed by atoms with Crippen LogP contribution in [0.25, 0.3) is 0 Å². The van der Waals surface area contributed by atoms with Crippen LogP contribution >= 0.6 is 0 Å². The van der Waals surface area contributed by atoms with Crippen molar-refractivity contribution in [3.05, 3.63) is 42.5 Å². The van der Waals surface area contributed by atoms with Gasteiger partial charge in [-0.2, -0.15) is 0 Å². The first-order valence-corrected chi connectivity index (χ1v) is 10.2. The minimum absolute atomic E-state index is 0.0112. The topological polar surface area (TPSA) is 102 Å². The molecule has 31 heavy (non-hydrogen) atoms. The van der Waals surface area contributed by atoms with E-state index < -0.39 is 12.3 Å². The van der Waals surface area contributed by atoms with Crippen molar-refractivity contribution in [2.75, 3.05) is 72.7 Å². The summed E-state index contributed by atoms with van der Waals surface area (Å²) < 4.78 is 37.7. The summed E-state index contributed by atoms with van der Waals surface area (Å²) in [5, 5.41) is 8.56. The zero-order valence-electron chi connectivity index (χ0n) is 18.2. The molecule has 0 aromatic heterocycles. The molecular formula is C22H34O9. The van der Waals surface area contributed by atoms with Crippen molar-refractivity contribution >= 4 is 5.97 Å². The summed E-state index contributed by atoms with van der Waals surface area (Å²) in [7, 11) is 0. The molecule has 1 N–H and O–H groups in total. The van der Waals surface area contributed by atoms with Gasteiger partial charge >= 0.3 is 5.97 Å². The van der Waals surface area contributed by atoms with Crippen LogP contribution in [-0.4, -0.2) is 90.0 Å². The first-order chi connectivity index (χ1) is 15.1. The number of benzene rings is 1. The molecule has 9 nitrogen and oxygen atoms in total. The van der Waals surface area contributed by atoms with E-state index in [1.165, 1.54) is 0 Å². The monoisotopic (exact) mass is 442 g/mol. The van der Waals surface area contributed by atoms with Crippen LogP contribution < -0.4 is 4.74 Å². The van der Waals surface area contributed by atoms with Gasteiger partial charge in [0.1, 0.15) is 5.75 Å². The summed E-state index contributed by atoms with van der Waals surface area (Å²) in [4.78, 5) is 11.6. The highest BCUT2D eigenvalue weighted by atomic mass is 16.7. The van der Waals surface area contributed by atoms with Gasteiger partial charge in [0, 0.05) is 5.57 Å². The molecule has 0 heterocycles. The molecule has 0 spiro atoms. The molecule has 1 rings (SSSR count). The minimum Gasteiger partial charge on any atom is -0.461 e. The number of ether oxygens (including phenoxy) is 7. The second-order valence-electron chi connectivity index (χ2n) is 6.28. The fraction of sp³-hybridized carbons (Fsp3) is 0.591. The normalized spacial score (nSPS) is 11.8. The van der Waals surface area contributed by atoms with Gasteiger partial charge in [0.25, 0.3) is 0 Å². The first kappa shape index (κ1) is 27.0. The third-order valence-electron chi connectivity index (χ3n) is 3.59. The Bertz CT molecular complexity index is 580. The van der Waals surface area contributed by atoms with Crippen molar-refractivity contribution in [2.45, 2.75) is 13.2 Å². The number of esters is 1. The standard InChI is InChI=1S/C22H34O9/c1-19(2)22(24)30-18-21(31-20-6-4-3-5-7-20)29-17-16-28-15-14-27-13-12-26-11-10-25-9-8-23/h3-7,21,23H,1,8-18H2,2H3. The van der Waals surface area contributed by atoms with Crippen molar-refractivity contribution in [1.29, 1.82) is 0 Å². The number of carbonyl (C=O) groups is 1. The average Bonchev–Trinajstić information content (AvgIpc) is 2.77. The van der Waals surface area contributed by atoms with E-state index in [0.717, 1.165) is 0 Å². The highest BCUT2D eigenvalue weighted by Crippen LogP contribution is 2.12. The van der Waals surface area contributed by atoms with Gasteiger partial charge in [0.05, 0.1) is 66.1 Å². The third kappa shape index (κ3) is 15.4. The lowest BCUT2D eigenvalue weighted by Gasteiger charge is -2.19. The van der Waals surface area contributed by atoms with Gasteiger partial charge in [0.2, 0.25) is 6.29 Å². The van der Waals surface area contributed by atoms with Crippen molar-refractivity contribution in [1.82, 2.24) is 0 Å². The van der Waals surface area contributed by atoms with E-state index in [4.69, 9.17) is 38.3 Å². The molecule has 1 unspecified atom stereocenters. The first-order valence-electron chi connectivity index (χ1n) is 10.2. The van der Waals surface area contributed by atoms with Crippen molar-refractivity contribution < 1.29 is 43.1 Å². The quantitative estimate of drug-likeness (QED) is 0.140. The van der Waals surface area contributed by atoms with Crippen LogP contribution in [0.2, 0.25) is 0 Å². The molecule has 0 aliphatic heterocycles. The molecule has 0 saturated heterocycles. The molecule has 0 aliphatic carbocycles. The number of aliphatic hydroxyl groups is 1. The molecule has 9 heteroatoms. The van der Waals surface area contributed by atoms with Gasteiger partial charge < -0.3 is 38.3 Å². The number of hydrogen-bond acceptors (Lipinski definition) is 9. The fourth-order valence-electron chi connectivity index (χ4n) is 2.10. The van der Waals surface area contributed by atoms with Crippen LogP contribution in [0.15, 0.2) is 42.5 Å². The van der Waals surface area contributed by atoms with Gasteiger partial charge in [-0.05, 0) is 19.1 Å². The molecule has 0 radical (unpaired) electrons. The summed E-state index contributed by atoms with van der Waals surface area (Å²) in [6, 6.07) is 9.13. The molecule has 0 aliphatic rings. The SMILES string of the molecule is C=C(C)C(=O)OCC(OCCOCCOCCOCCOCCO)Oc1ccccc1. The molecule has 0 saturated carbocycles. The van der Waals surface area contributed by atoms with Crippen LogP contribution in [0.4, 0.5) is 0 Å². The van der Waals surface area contributed by atoms with E-state index in [-0.39, 0.29) is 19.8 Å². The highest BCUT2D eigenvalue weighted by molar-refractivity contribution is 5.86. The number of carbonyl (C=O) groups excluding carboxylic acids is 1. The average molecular weight is 443 g/mol. The zero-order valence-corrected chi connectivity index (χ0v) is 18.2. The highest BCUT2D eigenvalue weighted by Gasteiger charge is 2.15. The second kappa shape index (κ2) is 18.7. The Labute approximate surface area is 183 Å². The van der Waals surface area contributed by atoms with Crippen molar-refractivity contribution in [3.63, 3.8) is 0 Å². The zero-order chi connectivity index (χ0) is 22.6. The van der Waals surface area contributed by atoms with Crippen LogP contribution in [-0.2, 0) is 33.2 Å². The van der Waals surface area contributed by atoms with Gasteiger partial charge in [0.15, 0.2) is 6.61 Å². The van der Waals surface area contributed by atoms with Crippen LogP contribution in [0.1, 0.15) is 6.92 Å². The maximum atomic E-state index is 11.6. The predicted molar refractivity (Wildman–Crippen MR) is 113 cm³/mol. The summed E-state index contributed by atoms with van der Waals surface area (Å²) in [6.45, 7) is 8.68. The van der Waals surface area contributed by atoms with E-state index in [2.05, 4.69) is 6.58 Å². The Hall–Kier alpha value is -2.01. The lowest BCUT2D eigenvalue weighted by molar-refractivity contribution is -0.159. The lowest BCUT2D eigenvalue weighted by atomic mass is 10.3. The van der Waals surface area contributed by atoms with E-state index in [1.807, 2.05) is 18.2 Å². The van der Waals surface area contributed by atoms with Gasteiger partial charge in [-0.1, -0.05) is 24.8 Å². The molecular weight excluding hydrogens is 408 g/mol. The summed E-state index contributed by atoms with van der Waals surface area (Å²) >= 11 is 0. The maximum Gasteiger partial charge on any atom is 0.333 e. The van der Waals surface area contributed by atoms with E-state index >= 15 is 0 Å². The molecule has 1 aromatic rings. The summed E-state index contributed by atoms with van der Waals surface area (Å²) in [6.07, 6.45) is -0.760. The van der Waals surface area contributed by atoms with E-state index in [1.54, 1.807) is 19.1 Å². The Kier molecular flexibility index (Phi) is 16.3. The molecule has 176 valence electrons. The third-order valence-corrected chi connectivity index (χ3v) is 3.59. The molecule has 1 atom stereocenters. The molecule has 0 bridgehead atoms. The Morgan fingerprint density at radius 1 is 0.871 bits per heavy atom. The number of para-hydroxylation sites is 1. The fourth-order valence-corrected chi connectivity index (χ4v) is 2.10. The number of hydrogen-bond donors (Lipinski definition) is 1. The van der Waals surface area contributed by atoms with Crippen LogP contribution in [0, 0.1) is 0 Å². The predicted octanol–water partition coefficient (Wildman–Crippen LogP) is 1.59. The molecule has 0 fully saturated rings. The maximum absolute atomic E-state index is 11.6. The van der Waals surface area contributed by atoms with E-state index in [0.29, 0.717) is 64.2 Å². The largest absolute Gasteiger partial charge is 0.461 e. The van der Waals surface area contributed by atoms with Gasteiger partial charge in [-0.15, -0.1) is 0 Å². The van der Waals surface area contributed by atoms with Crippen LogP contribution in [0.5, 0.6) is 5.75 Å². The Balaban J connectivity index is 2.09. The Morgan fingerprint density at radius 2 is 1.39 bits per heavy atom. The summed E-state index contributed by atoms with van der Waals surface area (Å²) in [5.74, 6) is 0.107. The minimum atomic E-state index is -0.760. The van der Waals surface area contributed by atoms with Crippen molar-refractivity contribution in [3.8, 4) is 5.75 Å².